The molecule has 0 aliphatic carbocycles. The van der Waals surface area contributed by atoms with E-state index in [2.05, 4.69) is 25.4 Å². The molecule has 2 aromatic carbocycles. The standard InChI is InChI=1S/C16H20N2O6.C9H12N2O2.C6H7ClO4/c1-16(10-23-15(21)24-11-16)13(19)22-9-8-18(2)14(20)17-12-6-4-3-5-7-12;12-7-6-10-9(13)11-8-4-2-1-3-5-8;1-6(4(7)8)2-10-5(9)11-3-6/h3-7H,8-11H2,1-2H3,(H,17,20);1-5,12H,6-7H2,(H2,10,11,13);2-3H2,1H3. The quantitative estimate of drug-likeness (QED) is 0.169. The lowest BCUT2D eigenvalue weighted by Gasteiger charge is -2.30. The van der Waals surface area contributed by atoms with Gasteiger partial charge >= 0.3 is 30.3 Å². The highest BCUT2D eigenvalue weighted by Crippen LogP contribution is 2.25. The number of carbonyl (C=O) groups excluding carboxylic acids is 6. The van der Waals surface area contributed by atoms with Gasteiger partial charge in [0.25, 0.3) is 0 Å². The van der Waals surface area contributed by atoms with Gasteiger partial charge in [-0.3, -0.25) is 9.59 Å². The summed E-state index contributed by atoms with van der Waals surface area (Å²) in [7, 11) is 1.60. The molecular formula is C31H39ClN4O12. The van der Waals surface area contributed by atoms with Crippen LogP contribution in [0.1, 0.15) is 13.8 Å². The van der Waals surface area contributed by atoms with Gasteiger partial charge in [0.05, 0.1) is 13.2 Å². The number of aliphatic hydroxyl groups is 1. The number of hydrogen-bond acceptors (Lipinski definition) is 12. The fourth-order valence-electron chi connectivity index (χ4n) is 3.43. The molecule has 2 aliphatic heterocycles. The van der Waals surface area contributed by atoms with Crippen molar-refractivity contribution in [3.8, 4) is 0 Å². The van der Waals surface area contributed by atoms with Crippen LogP contribution in [0.5, 0.6) is 0 Å². The normalized spacial score (nSPS) is 15.4. The van der Waals surface area contributed by atoms with Crippen LogP contribution in [-0.2, 0) is 33.3 Å². The monoisotopic (exact) mass is 694 g/mol. The zero-order chi connectivity index (χ0) is 35.6. The van der Waals surface area contributed by atoms with Crippen LogP contribution in [0.25, 0.3) is 0 Å². The number of benzene rings is 2. The van der Waals surface area contributed by atoms with Crippen molar-refractivity contribution in [1.29, 1.82) is 0 Å². The number of esters is 1. The topological polar surface area (TPSA) is 208 Å². The molecule has 0 unspecified atom stereocenters. The third-order valence-corrected chi connectivity index (χ3v) is 6.92. The zero-order valence-corrected chi connectivity index (χ0v) is 27.4. The van der Waals surface area contributed by atoms with E-state index in [0.717, 1.165) is 5.69 Å². The molecule has 0 radical (unpaired) electrons. The number of cyclic esters (lactones) is 4. The van der Waals surface area contributed by atoms with E-state index in [1.807, 2.05) is 36.4 Å². The number of aliphatic hydroxyl groups excluding tert-OH is 1. The van der Waals surface area contributed by atoms with Gasteiger partial charge in [-0.1, -0.05) is 36.4 Å². The molecule has 4 rings (SSSR count). The Bertz CT molecular complexity index is 1360. The van der Waals surface area contributed by atoms with Crippen molar-refractivity contribution in [3.63, 3.8) is 0 Å². The number of anilines is 2. The summed E-state index contributed by atoms with van der Waals surface area (Å²) >= 11 is 5.24. The molecule has 2 saturated heterocycles. The molecule has 2 fully saturated rings. The lowest BCUT2D eigenvalue weighted by molar-refractivity contribution is -0.166. The Labute approximate surface area is 281 Å². The van der Waals surface area contributed by atoms with Gasteiger partial charge in [0.15, 0.2) is 0 Å². The number of carbonyl (C=O) groups is 6. The van der Waals surface area contributed by atoms with Gasteiger partial charge in [-0.05, 0) is 49.7 Å². The number of nitrogens with one attached hydrogen (secondary N) is 3. The summed E-state index contributed by atoms with van der Waals surface area (Å²) < 4.78 is 23.6. The molecule has 17 heteroatoms. The van der Waals surface area contributed by atoms with Gasteiger partial charge in [-0.2, -0.15) is 0 Å². The molecule has 0 aromatic heterocycles. The second kappa shape index (κ2) is 19.5. The number of urea groups is 2. The highest BCUT2D eigenvalue weighted by molar-refractivity contribution is 6.64. The molecule has 4 amide bonds. The van der Waals surface area contributed by atoms with Crippen LogP contribution >= 0.6 is 11.6 Å². The van der Waals surface area contributed by atoms with Crippen molar-refractivity contribution in [2.45, 2.75) is 13.8 Å². The van der Waals surface area contributed by atoms with E-state index >= 15 is 0 Å². The summed E-state index contributed by atoms with van der Waals surface area (Å²) in [6.45, 7) is 3.44. The maximum Gasteiger partial charge on any atom is 0.508 e. The molecule has 16 nitrogen and oxygen atoms in total. The maximum atomic E-state index is 12.1. The van der Waals surface area contributed by atoms with Crippen molar-refractivity contribution in [3.05, 3.63) is 60.7 Å². The number of halogens is 1. The lowest BCUT2D eigenvalue weighted by atomic mass is 9.93. The van der Waals surface area contributed by atoms with E-state index in [-0.39, 0.29) is 64.8 Å². The number of para-hydroxylation sites is 2. The molecule has 2 heterocycles. The van der Waals surface area contributed by atoms with Gasteiger partial charge in [0.1, 0.15) is 43.9 Å². The summed E-state index contributed by atoms with van der Waals surface area (Å²) in [6, 6.07) is 17.5. The molecule has 0 bridgehead atoms. The molecule has 48 heavy (non-hydrogen) atoms. The van der Waals surface area contributed by atoms with Gasteiger partial charge in [-0.15, -0.1) is 0 Å². The van der Waals surface area contributed by atoms with Gasteiger partial charge in [0.2, 0.25) is 5.24 Å². The number of nitrogens with zero attached hydrogens (tertiary/aromatic N) is 1. The van der Waals surface area contributed by atoms with Crippen LogP contribution in [0, 0.1) is 10.8 Å². The predicted molar refractivity (Wildman–Crippen MR) is 171 cm³/mol. The van der Waals surface area contributed by atoms with Gasteiger partial charge in [-0.25, -0.2) is 19.2 Å². The van der Waals surface area contributed by atoms with Crippen LogP contribution in [0.2, 0.25) is 0 Å². The second-order valence-corrected chi connectivity index (χ2v) is 11.2. The number of rotatable bonds is 9. The molecule has 2 aromatic rings. The minimum absolute atomic E-state index is 0.00579. The van der Waals surface area contributed by atoms with Crippen molar-refractivity contribution in [2.75, 3.05) is 70.4 Å². The third-order valence-electron chi connectivity index (χ3n) is 6.46. The largest absolute Gasteiger partial charge is 0.508 e. The summed E-state index contributed by atoms with van der Waals surface area (Å²) in [5, 5.41) is 15.7. The molecule has 0 atom stereocenters. The lowest BCUT2D eigenvalue weighted by Crippen LogP contribution is -2.45. The van der Waals surface area contributed by atoms with Gasteiger partial charge in [0, 0.05) is 25.0 Å². The first-order valence-corrected chi connectivity index (χ1v) is 14.9. The number of hydrogen-bond donors (Lipinski definition) is 4. The molecule has 4 N–H and O–H groups in total. The Kier molecular flexibility index (Phi) is 15.9. The zero-order valence-electron chi connectivity index (χ0n) is 26.7. The second-order valence-electron chi connectivity index (χ2n) is 10.9. The molecule has 262 valence electrons. The smallest absolute Gasteiger partial charge is 0.463 e. The SMILES string of the molecule is CC1(C(=O)Cl)COC(=O)OC1.CN(CCOC(=O)C1(C)COC(=O)OC1)C(=O)Nc1ccccc1.O=C(NCCO)Nc1ccccc1. The van der Waals surface area contributed by atoms with Crippen molar-refractivity contribution in [2.24, 2.45) is 10.8 Å². The Balaban J connectivity index is 0.000000279. The first-order valence-electron chi connectivity index (χ1n) is 14.5. The molecular weight excluding hydrogens is 656 g/mol. The molecule has 0 saturated carbocycles. The van der Waals surface area contributed by atoms with Crippen molar-refractivity contribution < 1.29 is 57.6 Å². The average Bonchev–Trinajstić information content (AvgIpc) is 3.08. The van der Waals surface area contributed by atoms with Crippen LogP contribution in [0.3, 0.4) is 0 Å². The van der Waals surface area contributed by atoms with Crippen molar-refractivity contribution >= 4 is 58.6 Å². The van der Waals surface area contributed by atoms with E-state index in [0.29, 0.717) is 5.69 Å². The first kappa shape index (κ1) is 39.1. The summed E-state index contributed by atoms with van der Waals surface area (Å²) in [5.41, 5.74) is -0.494. The minimum Gasteiger partial charge on any atom is -0.463 e. The van der Waals surface area contributed by atoms with Crippen LogP contribution in [-0.4, -0.2) is 105 Å². The fraction of sp³-hybridized carbons (Fsp3) is 0.419. The van der Waals surface area contributed by atoms with Gasteiger partial charge < -0.3 is 49.6 Å². The summed E-state index contributed by atoms with van der Waals surface area (Å²) in [4.78, 5) is 68.4. The number of likely N-dealkylation sites (N-methyl/N-ethyl adjacent to an activating group) is 1. The van der Waals surface area contributed by atoms with Crippen LogP contribution in [0.4, 0.5) is 30.6 Å². The average molecular weight is 695 g/mol. The van der Waals surface area contributed by atoms with E-state index in [4.69, 9.17) is 30.9 Å². The Morgan fingerprint density at radius 2 is 1.27 bits per heavy atom. The molecule has 2 aliphatic rings. The van der Waals surface area contributed by atoms with E-state index in [1.165, 1.54) is 4.90 Å². The van der Waals surface area contributed by atoms with Crippen LogP contribution < -0.4 is 16.0 Å². The fourth-order valence-corrected chi connectivity index (χ4v) is 3.54. The number of amides is 4. The Morgan fingerprint density at radius 1 is 0.812 bits per heavy atom. The maximum absolute atomic E-state index is 12.1. The first-order chi connectivity index (χ1) is 22.8. The number of ether oxygens (including phenoxy) is 5. The molecule has 0 spiro atoms. The highest BCUT2D eigenvalue weighted by atomic mass is 35.5. The summed E-state index contributed by atoms with van der Waals surface area (Å²) in [5.74, 6) is -0.535. The van der Waals surface area contributed by atoms with Crippen LogP contribution in [0.15, 0.2) is 60.7 Å². The van der Waals surface area contributed by atoms with E-state index in [9.17, 15) is 28.8 Å². The third kappa shape index (κ3) is 13.7. The summed E-state index contributed by atoms with van der Waals surface area (Å²) in [6.07, 6.45) is -1.54. The minimum atomic E-state index is -1.03. The van der Waals surface area contributed by atoms with E-state index in [1.54, 1.807) is 45.2 Å². The highest BCUT2D eigenvalue weighted by Gasteiger charge is 2.42. The van der Waals surface area contributed by atoms with Crippen molar-refractivity contribution in [1.82, 2.24) is 10.2 Å². The van der Waals surface area contributed by atoms with E-state index < -0.39 is 34.4 Å². The predicted octanol–water partition coefficient (Wildman–Crippen LogP) is 3.59. The Morgan fingerprint density at radius 3 is 1.73 bits per heavy atom. The Hall–Kier alpha value is -5.09.